The number of hydrogen-bond donors (Lipinski definition) is 2. The highest BCUT2D eigenvalue weighted by Gasteiger charge is 2.29. The van der Waals surface area contributed by atoms with Gasteiger partial charge in [-0.2, -0.15) is 0 Å². The van der Waals surface area contributed by atoms with E-state index >= 15 is 0 Å². The van der Waals surface area contributed by atoms with Crippen molar-refractivity contribution in [3.8, 4) is 0 Å². The minimum Gasteiger partial charge on any atom is -0.382 e. The van der Waals surface area contributed by atoms with Gasteiger partial charge in [-0.05, 0) is 0 Å². The molecule has 82 valence electrons. The molecule has 0 saturated heterocycles. The Morgan fingerprint density at radius 3 is 1.71 bits per heavy atom. The molecule has 0 atom stereocenters. The molecular formula is C6H13N2O5P. The number of hydrogen-bond acceptors (Lipinski definition) is 7. The van der Waals surface area contributed by atoms with Crippen LogP contribution in [0.1, 0.15) is 6.92 Å². The highest BCUT2D eigenvalue weighted by atomic mass is 31.2. The standard InChI is InChI=1S/C6H13N2O5P/c1-2-14(11,12-5(9)3-7)13-6(10)4-8/h2-4,7-8H2,1H3. The van der Waals surface area contributed by atoms with E-state index < -0.39 is 32.6 Å². The maximum absolute atomic E-state index is 11.5. The average Bonchev–Trinajstić information content (AvgIpc) is 2.17. The van der Waals surface area contributed by atoms with Crippen molar-refractivity contribution in [3.63, 3.8) is 0 Å². The largest absolute Gasteiger partial charge is 0.434 e. The van der Waals surface area contributed by atoms with E-state index in [1.807, 2.05) is 0 Å². The van der Waals surface area contributed by atoms with Gasteiger partial charge in [-0.15, -0.1) is 0 Å². The van der Waals surface area contributed by atoms with Crippen LogP contribution in [0.3, 0.4) is 0 Å². The molecular weight excluding hydrogens is 211 g/mol. The highest BCUT2D eigenvalue weighted by Crippen LogP contribution is 2.47. The van der Waals surface area contributed by atoms with Crippen LogP contribution in [0.15, 0.2) is 0 Å². The maximum atomic E-state index is 11.5. The molecule has 4 N–H and O–H groups in total. The van der Waals surface area contributed by atoms with Crippen LogP contribution >= 0.6 is 7.60 Å². The van der Waals surface area contributed by atoms with Crippen LogP contribution in [-0.2, 0) is 23.2 Å². The summed E-state index contributed by atoms with van der Waals surface area (Å²) in [5.74, 6) is -1.78. The van der Waals surface area contributed by atoms with Gasteiger partial charge in [0.05, 0.1) is 19.3 Å². The molecule has 7 nitrogen and oxygen atoms in total. The Morgan fingerprint density at radius 1 is 1.14 bits per heavy atom. The summed E-state index contributed by atoms with van der Waals surface area (Å²) in [6.45, 7) is 0.600. The molecule has 0 aromatic rings. The summed E-state index contributed by atoms with van der Waals surface area (Å²) >= 11 is 0. The van der Waals surface area contributed by atoms with Gasteiger partial charge >= 0.3 is 19.5 Å². The molecule has 0 unspecified atom stereocenters. The molecule has 0 aliphatic heterocycles. The van der Waals surface area contributed by atoms with Crippen molar-refractivity contribution in [3.05, 3.63) is 0 Å². The van der Waals surface area contributed by atoms with Crippen molar-refractivity contribution in [2.24, 2.45) is 11.5 Å². The summed E-state index contributed by atoms with van der Waals surface area (Å²) in [4.78, 5) is 21.4. The van der Waals surface area contributed by atoms with Gasteiger partial charge in [0.1, 0.15) is 0 Å². The lowest BCUT2D eigenvalue weighted by Gasteiger charge is -2.14. The van der Waals surface area contributed by atoms with E-state index in [9.17, 15) is 14.2 Å². The van der Waals surface area contributed by atoms with E-state index in [-0.39, 0.29) is 6.16 Å². The zero-order valence-corrected chi connectivity index (χ0v) is 8.66. The predicted octanol–water partition coefficient (Wildman–Crippen LogP) is -0.797. The van der Waals surface area contributed by atoms with Crippen molar-refractivity contribution in [2.45, 2.75) is 6.92 Å². The molecule has 0 amide bonds. The first kappa shape index (κ1) is 13.1. The number of nitrogens with two attached hydrogens (primary N) is 2. The lowest BCUT2D eigenvalue weighted by Crippen LogP contribution is -2.20. The average molecular weight is 224 g/mol. The first-order valence-electron chi connectivity index (χ1n) is 3.91. The van der Waals surface area contributed by atoms with Crippen LogP contribution in [0.5, 0.6) is 0 Å². The topological polar surface area (TPSA) is 122 Å². The first-order valence-corrected chi connectivity index (χ1v) is 5.64. The Balaban J connectivity index is 4.40. The third kappa shape index (κ3) is 4.36. The van der Waals surface area contributed by atoms with Gasteiger partial charge in [0.2, 0.25) is 0 Å². The summed E-state index contributed by atoms with van der Waals surface area (Å²) in [6, 6.07) is 0. The monoisotopic (exact) mass is 224 g/mol. The molecule has 0 aliphatic rings. The van der Waals surface area contributed by atoms with Crippen molar-refractivity contribution in [1.82, 2.24) is 0 Å². The number of carbonyl (C=O) groups excluding carboxylic acids is 2. The van der Waals surface area contributed by atoms with Crippen molar-refractivity contribution < 1.29 is 23.2 Å². The third-order valence-electron chi connectivity index (χ3n) is 1.20. The van der Waals surface area contributed by atoms with Gasteiger partial charge in [-0.25, -0.2) is 4.57 Å². The number of rotatable bonds is 5. The fourth-order valence-electron chi connectivity index (χ4n) is 0.533. The molecule has 0 aliphatic carbocycles. The Morgan fingerprint density at radius 2 is 1.50 bits per heavy atom. The Labute approximate surface area is 81.3 Å². The molecule has 14 heavy (non-hydrogen) atoms. The van der Waals surface area contributed by atoms with Crippen molar-refractivity contribution >= 4 is 19.5 Å². The van der Waals surface area contributed by atoms with E-state index in [0.717, 1.165) is 0 Å². The molecule has 0 rings (SSSR count). The lowest BCUT2D eigenvalue weighted by atomic mass is 10.7. The molecule has 0 bridgehead atoms. The number of carbonyl (C=O) groups is 2. The van der Waals surface area contributed by atoms with Crippen molar-refractivity contribution in [1.29, 1.82) is 0 Å². The zero-order chi connectivity index (χ0) is 11.2. The van der Waals surface area contributed by atoms with Crippen LogP contribution in [0, 0.1) is 0 Å². The Hall–Kier alpha value is -0.910. The molecule has 0 spiro atoms. The van der Waals surface area contributed by atoms with Gasteiger partial charge in [0, 0.05) is 0 Å². The van der Waals surface area contributed by atoms with Gasteiger partial charge in [0.15, 0.2) is 0 Å². The lowest BCUT2D eigenvalue weighted by molar-refractivity contribution is -0.137. The zero-order valence-electron chi connectivity index (χ0n) is 7.76. The summed E-state index contributed by atoms with van der Waals surface area (Å²) in [7, 11) is -3.70. The van der Waals surface area contributed by atoms with Gasteiger partial charge in [-0.1, -0.05) is 6.92 Å². The second-order valence-electron chi connectivity index (χ2n) is 2.26. The molecule has 0 radical (unpaired) electrons. The normalized spacial score (nSPS) is 10.8. The second kappa shape index (κ2) is 5.74. The van der Waals surface area contributed by atoms with E-state index in [2.05, 4.69) is 9.05 Å². The highest BCUT2D eigenvalue weighted by molar-refractivity contribution is 7.54. The van der Waals surface area contributed by atoms with Crippen LogP contribution in [0.2, 0.25) is 0 Å². The quantitative estimate of drug-likeness (QED) is 0.586. The van der Waals surface area contributed by atoms with Gasteiger partial charge in [-0.3, -0.25) is 9.59 Å². The Kier molecular flexibility index (Phi) is 5.37. The molecule has 0 aromatic heterocycles. The van der Waals surface area contributed by atoms with E-state index in [1.165, 1.54) is 6.92 Å². The van der Waals surface area contributed by atoms with E-state index in [1.54, 1.807) is 0 Å². The fraction of sp³-hybridized carbons (Fsp3) is 0.667. The summed E-state index contributed by atoms with van der Waals surface area (Å²) < 4.78 is 20.3. The van der Waals surface area contributed by atoms with Crippen LogP contribution in [0.25, 0.3) is 0 Å². The van der Waals surface area contributed by atoms with Crippen LogP contribution in [-0.4, -0.2) is 31.2 Å². The first-order chi connectivity index (χ1) is 6.47. The minimum atomic E-state index is -3.70. The Bertz CT molecular complexity index is 245. The van der Waals surface area contributed by atoms with Gasteiger partial charge in [0.25, 0.3) is 0 Å². The van der Waals surface area contributed by atoms with Gasteiger partial charge < -0.3 is 20.5 Å². The minimum absolute atomic E-state index is 0.107. The van der Waals surface area contributed by atoms with E-state index in [0.29, 0.717) is 0 Å². The molecule has 0 aromatic carbocycles. The summed E-state index contributed by atoms with van der Waals surface area (Å²) in [6.07, 6.45) is -0.107. The fourth-order valence-corrected chi connectivity index (χ4v) is 1.60. The summed E-state index contributed by atoms with van der Waals surface area (Å²) in [5, 5.41) is 0. The molecule has 8 heteroatoms. The van der Waals surface area contributed by atoms with Crippen LogP contribution in [0.4, 0.5) is 0 Å². The molecule has 0 saturated carbocycles. The van der Waals surface area contributed by atoms with Crippen molar-refractivity contribution in [2.75, 3.05) is 19.3 Å². The SMILES string of the molecule is CCP(=O)(OC(=O)CN)OC(=O)CN. The molecule has 0 heterocycles. The van der Waals surface area contributed by atoms with E-state index in [4.69, 9.17) is 11.5 Å². The second-order valence-corrected chi connectivity index (χ2v) is 4.48. The maximum Gasteiger partial charge on any atom is 0.434 e. The third-order valence-corrected chi connectivity index (χ3v) is 2.94. The predicted molar refractivity (Wildman–Crippen MR) is 48.4 cm³/mol. The molecule has 0 fully saturated rings. The summed E-state index contributed by atoms with van der Waals surface area (Å²) in [5.41, 5.74) is 9.87. The smallest absolute Gasteiger partial charge is 0.382 e. The van der Waals surface area contributed by atoms with Crippen LogP contribution < -0.4 is 11.5 Å².